The average Bonchev–Trinajstić information content (AvgIpc) is 3.23. The number of urea groups is 1. The van der Waals surface area contributed by atoms with Gasteiger partial charge >= 0.3 is 6.03 Å². The van der Waals surface area contributed by atoms with Crippen molar-refractivity contribution in [3.63, 3.8) is 0 Å². The van der Waals surface area contributed by atoms with E-state index in [0.717, 1.165) is 24.1 Å². The summed E-state index contributed by atoms with van der Waals surface area (Å²) in [5, 5.41) is 10.3. The van der Waals surface area contributed by atoms with Crippen LogP contribution in [-0.4, -0.2) is 39.7 Å². The second kappa shape index (κ2) is 8.82. The summed E-state index contributed by atoms with van der Waals surface area (Å²) in [6.07, 6.45) is 3.25. The van der Waals surface area contributed by atoms with E-state index in [-0.39, 0.29) is 18.0 Å². The Hall–Kier alpha value is -3.61. The maximum Gasteiger partial charge on any atom is 0.321 e. The third-order valence-electron chi connectivity index (χ3n) is 5.42. The molecular weight excluding hydrogens is 378 g/mol. The molecular formula is C23H25N5O2. The lowest BCUT2D eigenvalue weighted by molar-refractivity contribution is 0.102. The van der Waals surface area contributed by atoms with Gasteiger partial charge in [-0.25, -0.2) is 9.48 Å². The Bertz CT molecular complexity index is 1020. The first-order valence-electron chi connectivity index (χ1n) is 10.1. The number of hydrogen-bond donors (Lipinski definition) is 2. The first-order valence-corrected chi connectivity index (χ1v) is 10.1. The first-order chi connectivity index (χ1) is 14.6. The molecule has 30 heavy (non-hydrogen) atoms. The molecule has 0 radical (unpaired) electrons. The Morgan fingerprint density at radius 1 is 0.933 bits per heavy atom. The predicted octanol–water partition coefficient (Wildman–Crippen LogP) is 4.31. The molecule has 0 spiro atoms. The van der Waals surface area contributed by atoms with Crippen LogP contribution < -0.4 is 10.6 Å². The lowest BCUT2D eigenvalue weighted by atomic mass is 10.1. The summed E-state index contributed by atoms with van der Waals surface area (Å²) in [7, 11) is 0. The van der Waals surface area contributed by atoms with Crippen molar-refractivity contribution < 1.29 is 9.59 Å². The lowest BCUT2D eigenvalue weighted by Gasteiger charge is -2.32. The van der Waals surface area contributed by atoms with Gasteiger partial charge in [0.15, 0.2) is 0 Å². The molecule has 0 unspecified atom stereocenters. The fraction of sp³-hybridized carbons (Fsp3) is 0.261. The quantitative estimate of drug-likeness (QED) is 0.681. The highest BCUT2D eigenvalue weighted by Gasteiger charge is 2.26. The summed E-state index contributed by atoms with van der Waals surface area (Å²) in [5.41, 5.74) is 2.37. The van der Waals surface area contributed by atoms with E-state index in [4.69, 9.17) is 0 Å². The van der Waals surface area contributed by atoms with Crippen LogP contribution in [0.3, 0.4) is 0 Å². The monoisotopic (exact) mass is 403 g/mol. The number of piperidine rings is 1. The van der Waals surface area contributed by atoms with E-state index in [1.54, 1.807) is 6.20 Å². The number of aromatic nitrogens is 2. The van der Waals surface area contributed by atoms with Gasteiger partial charge in [0, 0.05) is 30.4 Å². The Morgan fingerprint density at radius 2 is 1.63 bits per heavy atom. The van der Waals surface area contributed by atoms with Crippen LogP contribution in [0.2, 0.25) is 0 Å². The molecule has 0 atom stereocenters. The minimum Gasteiger partial charge on any atom is -0.324 e. The second-order valence-electron chi connectivity index (χ2n) is 7.44. The molecule has 2 heterocycles. The van der Waals surface area contributed by atoms with E-state index < -0.39 is 0 Å². The summed E-state index contributed by atoms with van der Waals surface area (Å²) in [5.74, 6) is 0.532. The summed E-state index contributed by atoms with van der Waals surface area (Å²) in [4.78, 5) is 27.0. The van der Waals surface area contributed by atoms with Crippen molar-refractivity contribution >= 4 is 23.4 Å². The molecule has 1 aromatic heterocycles. The van der Waals surface area contributed by atoms with Crippen LogP contribution in [0, 0.1) is 6.92 Å². The summed E-state index contributed by atoms with van der Waals surface area (Å²) in [6.45, 7) is 3.19. The van der Waals surface area contributed by atoms with E-state index in [9.17, 15) is 9.59 Å². The number of para-hydroxylation sites is 1. The molecule has 0 aliphatic carbocycles. The normalized spacial score (nSPS) is 14.4. The van der Waals surface area contributed by atoms with Gasteiger partial charge in [-0.05, 0) is 43.5 Å². The van der Waals surface area contributed by atoms with Crippen LogP contribution >= 0.6 is 0 Å². The Kier molecular flexibility index (Phi) is 5.79. The number of aryl methyl sites for hydroxylation is 1. The number of carbonyl (C=O) groups excluding carboxylic acids is 2. The molecule has 1 saturated heterocycles. The predicted molar refractivity (Wildman–Crippen MR) is 117 cm³/mol. The van der Waals surface area contributed by atoms with Gasteiger partial charge in [0.05, 0.1) is 12.2 Å². The second-order valence-corrected chi connectivity index (χ2v) is 7.44. The average molecular weight is 403 g/mol. The van der Waals surface area contributed by atoms with Crippen LogP contribution in [0.15, 0.2) is 66.9 Å². The van der Waals surface area contributed by atoms with Crippen molar-refractivity contribution in [2.45, 2.75) is 25.8 Å². The molecule has 2 N–H and O–H groups in total. The van der Waals surface area contributed by atoms with Crippen molar-refractivity contribution in [2.75, 3.05) is 23.7 Å². The van der Waals surface area contributed by atoms with Gasteiger partial charge in [-0.15, -0.1) is 0 Å². The third kappa shape index (κ3) is 4.35. The van der Waals surface area contributed by atoms with Crippen LogP contribution in [0.5, 0.6) is 0 Å². The number of hydrogen-bond acceptors (Lipinski definition) is 3. The number of anilines is 2. The Balaban J connectivity index is 1.37. The van der Waals surface area contributed by atoms with Gasteiger partial charge in [0.25, 0.3) is 5.91 Å². The molecule has 1 fully saturated rings. The highest BCUT2D eigenvalue weighted by atomic mass is 16.2. The lowest BCUT2D eigenvalue weighted by Crippen LogP contribution is -2.41. The van der Waals surface area contributed by atoms with Gasteiger partial charge in [0.2, 0.25) is 0 Å². The van der Waals surface area contributed by atoms with Crippen LogP contribution in [0.1, 0.15) is 34.8 Å². The van der Waals surface area contributed by atoms with E-state index >= 15 is 0 Å². The summed E-state index contributed by atoms with van der Waals surface area (Å²) >= 11 is 0. The number of rotatable bonds is 4. The van der Waals surface area contributed by atoms with Gasteiger partial charge in [-0.1, -0.05) is 36.4 Å². The summed E-state index contributed by atoms with van der Waals surface area (Å²) in [6, 6.07) is 18.8. The van der Waals surface area contributed by atoms with Gasteiger partial charge < -0.3 is 15.5 Å². The van der Waals surface area contributed by atoms with Crippen molar-refractivity contribution in [3.8, 4) is 0 Å². The first kappa shape index (κ1) is 19.7. The zero-order valence-corrected chi connectivity index (χ0v) is 16.9. The minimum absolute atomic E-state index is 0.0896. The van der Waals surface area contributed by atoms with E-state index in [1.807, 2.05) is 77.2 Å². The molecule has 4 rings (SSSR count). The minimum atomic E-state index is -0.144. The third-order valence-corrected chi connectivity index (χ3v) is 5.42. The zero-order valence-electron chi connectivity index (χ0n) is 16.9. The molecule has 1 aliphatic heterocycles. The number of nitrogens with one attached hydrogen (secondary N) is 2. The highest BCUT2D eigenvalue weighted by molar-refractivity contribution is 6.04. The van der Waals surface area contributed by atoms with Crippen LogP contribution in [0.25, 0.3) is 0 Å². The van der Waals surface area contributed by atoms with Crippen LogP contribution in [-0.2, 0) is 0 Å². The molecule has 0 bridgehead atoms. The SMILES string of the molecule is Cc1ccccc1C(=O)Nc1ccnn1C1CCN(C(=O)Nc2ccccc2)CC1. The van der Waals surface area contributed by atoms with Crippen molar-refractivity contribution in [1.29, 1.82) is 0 Å². The summed E-state index contributed by atoms with van der Waals surface area (Å²) < 4.78 is 1.86. The van der Waals surface area contributed by atoms with E-state index in [1.165, 1.54) is 0 Å². The number of likely N-dealkylation sites (tertiary alicyclic amines) is 1. The molecule has 7 heteroatoms. The van der Waals surface area contributed by atoms with Crippen molar-refractivity contribution in [3.05, 3.63) is 78.0 Å². The maximum atomic E-state index is 12.7. The molecule has 0 saturated carbocycles. The van der Waals surface area contributed by atoms with Gasteiger partial charge in [-0.3, -0.25) is 4.79 Å². The maximum absolute atomic E-state index is 12.7. The fourth-order valence-corrected chi connectivity index (χ4v) is 3.75. The smallest absolute Gasteiger partial charge is 0.321 e. The molecule has 3 amide bonds. The molecule has 1 aliphatic rings. The molecule has 154 valence electrons. The Morgan fingerprint density at radius 3 is 2.37 bits per heavy atom. The molecule has 3 aromatic rings. The fourth-order valence-electron chi connectivity index (χ4n) is 3.75. The largest absolute Gasteiger partial charge is 0.324 e. The van der Waals surface area contributed by atoms with Crippen LogP contribution in [0.4, 0.5) is 16.3 Å². The van der Waals surface area contributed by atoms with Gasteiger partial charge in [0.1, 0.15) is 5.82 Å². The molecule has 2 aromatic carbocycles. The van der Waals surface area contributed by atoms with Crippen molar-refractivity contribution in [2.24, 2.45) is 0 Å². The standard InChI is InChI=1S/C23H25N5O2/c1-17-7-5-6-10-20(17)22(29)26-21-11-14-24-28(21)19-12-15-27(16-13-19)23(30)25-18-8-3-2-4-9-18/h2-11,14,19H,12-13,15-16H2,1H3,(H,25,30)(H,26,29). The topological polar surface area (TPSA) is 79.3 Å². The number of benzene rings is 2. The number of carbonyl (C=O) groups is 2. The molecule has 7 nitrogen and oxygen atoms in total. The van der Waals surface area contributed by atoms with E-state index in [2.05, 4.69) is 15.7 Å². The van der Waals surface area contributed by atoms with E-state index in [0.29, 0.717) is 24.5 Å². The zero-order chi connectivity index (χ0) is 20.9. The number of nitrogens with zero attached hydrogens (tertiary/aromatic N) is 3. The Labute approximate surface area is 175 Å². The van der Waals surface area contributed by atoms with Crippen molar-refractivity contribution in [1.82, 2.24) is 14.7 Å². The highest BCUT2D eigenvalue weighted by Crippen LogP contribution is 2.26. The number of amides is 3. The van der Waals surface area contributed by atoms with Gasteiger partial charge in [-0.2, -0.15) is 5.10 Å².